The van der Waals surface area contributed by atoms with Crippen molar-refractivity contribution in [2.45, 2.75) is 44.2 Å². The Labute approximate surface area is 252 Å². The number of nitrogens with one attached hydrogen (secondary N) is 1. The van der Waals surface area contributed by atoms with Crippen molar-refractivity contribution in [3.05, 3.63) is 70.8 Å². The minimum absolute atomic E-state index is 0.0795. The second-order valence-electron chi connectivity index (χ2n) is 11.8. The molecule has 2 aliphatic rings. The highest BCUT2D eigenvalue weighted by Crippen LogP contribution is 2.25. The lowest BCUT2D eigenvalue weighted by Gasteiger charge is -2.38. The smallest absolute Gasteiger partial charge is 0.261 e. The lowest BCUT2D eigenvalue weighted by molar-refractivity contribution is -0.135. The lowest BCUT2D eigenvalue weighted by atomic mass is 9.91. The summed E-state index contributed by atoms with van der Waals surface area (Å²) in [6.07, 6.45) is 3.75. The van der Waals surface area contributed by atoms with Crippen molar-refractivity contribution < 1.29 is 14.7 Å². The van der Waals surface area contributed by atoms with E-state index in [2.05, 4.69) is 20.1 Å². The van der Waals surface area contributed by atoms with E-state index in [9.17, 15) is 19.5 Å². The van der Waals surface area contributed by atoms with Crippen LogP contribution in [-0.4, -0.2) is 106 Å². The Bertz CT molecular complexity index is 1450. The molecule has 11 heteroatoms. The molecular formula is C32H43N7O4. The number of rotatable bonds is 11. The molecule has 43 heavy (non-hydrogen) atoms. The number of amides is 2. The SMILES string of the molecule is NCCN1CCN(CCC(=O)Nc2ccc3c(=O)n(CC4(O)CCN(C(=O)CCc5ccccc5)CC4)cnc3c2)CC1. The molecule has 3 heterocycles. The molecule has 0 radical (unpaired) electrons. The van der Waals surface area contributed by atoms with Gasteiger partial charge in [0.1, 0.15) is 0 Å². The van der Waals surface area contributed by atoms with Crippen LogP contribution in [0.4, 0.5) is 5.69 Å². The van der Waals surface area contributed by atoms with Gasteiger partial charge in [0.25, 0.3) is 5.56 Å². The lowest BCUT2D eigenvalue weighted by Crippen LogP contribution is -2.49. The number of aromatic nitrogens is 2. The molecule has 11 nitrogen and oxygen atoms in total. The van der Waals surface area contributed by atoms with Crippen LogP contribution < -0.4 is 16.6 Å². The summed E-state index contributed by atoms with van der Waals surface area (Å²) in [5, 5.41) is 14.6. The van der Waals surface area contributed by atoms with Gasteiger partial charge in [-0.3, -0.25) is 23.9 Å². The second-order valence-corrected chi connectivity index (χ2v) is 11.8. The molecule has 0 atom stereocenters. The van der Waals surface area contributed by atoms with Crippen molar-refractivity contribution in [3.8, 4) is 0 Å². The number of likely N-dealkylation sites (tertiary alicyclic amines) is 1. The summed E-state index contributed by atoms with van der Waals surface area (Å²) in [7, 11) is 0. The number of benzene rings is 2. The maximum atomic E-state index is 13.3. The van der Waals surface area contributed by atoms with Crippen molar-refractivity contribution in [1.29, 1.82) is 0 Å². The zero-order chi connectivity index (χ0) is 30.2. The number of hydrogen-bond donors (Lipinski definition) is 3. The molecular weight excluding hydrogens is 546 g/mol. The van der Waals surface area contributed by atoms with Gasteiger partial charge in [-0.25, -0.2) is 4.98 Å². The molecule has 2 saturated heterocycles. The maximum absolute atomic E-state index is 13.3. The van der Waals surface area contributed by atoms with Crippen molar-refractivity contribution in [2.75, 3.05) is 64.2 Å². The highest BCUT2D eigenvalue weighted by Gasteiger charge is 2.34. The van der Waals surface area contributed by atoms with Crippen LogP contribution in [0.15, 0.2) is 59.7 Å². The minimum Gasteiger partial charge on any atom is -0.388 e. The molecule has 0 saturated carbocycles. The fraction of sp³-hybridized carbons (Fsp3) is 0.500. The molecule has 3 aromatic rings. The van der Waals surface area contributed by atoms with Crippen LogP contribution in [0.5, 0.6) is 0 Å². The standard InChI is InChI=1S/C32H43N7O4/c33-13-17-37-20-18-36(19-21-37)14-10-29(40)35-26-7-8-27-28(22-26)34-24-39(31(27)42)23-32(43)11-15-38(16-12-32)30(41)9-6-25-4-2-1-3-5-25/h1-5,7-8,22,24,43H,6,9-21,23,33H2,(H,35,40). The van der Waals surface area contributed by atoms with Gasteiger partial charge in [-0.05, 0) is 43.0 Å². The Balaban J connectivity index is 1.11. The molecule has 2 aliphatic heterocycles. The van der Waals surface area contributed by atoms with Gasteiger partial charge < -0.3 is 26.0 Å². The Morgan fingerprint density at radius 3 is 2.33 bits per heavy atom. The number of nitrogens with two attached hydrogens (primary N) is 1. The monoisotopic (exact) mass is 589 g/mol. The highest BCUT2D eigenvalue weighted by atomic mass is 16.3. The van der Waals surface area contributed by atoms with E-state index >= 15 is 0 Å². The first-order chi connectivity index (χ1) is 20.8. The second kappa shape index (κ2) is 14.2. The predicted molar refractivity (Wildman–Crippen MR) is 167 cm³/mol. The van der Waals surface area contributed by atoms with Gasteiger partial charge in [0.05, 0.1) is 29.4 Å². The van der Waals surface area contributed by atoms with Gasteiger partial charge in [0.15, 0.2) is 0 Å². The molecule has 0 unspecified atom stereocenters. The first-order valence-corrected chi connectivity index (χ1v) is 15.3. The third-order valence-corrected chi connectivity index (χ3v) is 8.66. The largest absolute Gasteiger partial charge is 0.388 e. The topological polar surface area (TPSA) is 137 Å². The van der Waals surface area contributed by atoms with Gasteiger partial charge >= 0.3 is 0 Å². The summed E-state index contributed by atoms with van der Waals surface area (Å²) < 4.78 is 1.45. The quantitative estimate of drug-likeness (QED) is 0.304. The number of carbonyl (C=O) groups excluding carboxylic acids is 2. The van der Waals surface area contributed by atoms with Crippen LogP contribution in [0.2, 0.25) is 0 Å². The van der Waals surface area contributed by atoms with Gasteiger partial charge in [-0.15, -0.1) is 0 Å². The number of fused-ring (bicyclic) bond motifs is 1. The summed E-state index contributed by atoms with van der Waals surface area (Å²) in [5.74, 6) is 0.00342. The fourth-order valence-electron chi connectivity index (χ4n) is 5.95. The summed E-state index contributed by atoms with van der Waals surface area (Å²) in [6.45, 7) is 7.08. The van der Waals surface area contributed by atoms with Crippen LogP contribution >= 0.6 is 0 Å². The minimum atomic E-state index is -1.10. The predicted octanol–water partition coefficient (Wildman–Crippen LogP) is 1.29. The van der Waals surface area contributed by atoms with E-state index in [1.54, 1.807) is 23.1 Å². The first kappa shape index (κ1) is 30.8. The van der Waals surface area contributed by atoms with Gasteiger partial charge in [0, 0.05) is 77.4 Å². The Morgan fingerprint density at radius 1 is 0.930 bits per heavy atom. The molecule has 4 N–H and O–H groups in total. The summed E-state index contributed by atoms with van der Waals surface area (Å²) in [5.41, 5.74) is 6.51. The Morgan fingerprint density at radius 2 is 1.63 bits per heavy atom. The van der Waals surface area contributed by atoms with E-state index < -0.39 is 5.60 Å². The van der Waals surface area contributed by atoms with Crippen molar-refractivity contribution in [2.24, 2.45) is 5.73 Å². The third-order valence-electron chi connectivity index (χ3n) is 8.66. The number of carbonyl (C=O) groups is 2. The Kier molecular flexibility index (Phi) is 10.2. The summed E-state index contributed by atoms with van der Waals surface area (Å²) >= 11 is 0. The molecule has 5 rings (SSSR count). The van der Waals surface area contributed by atoms with Crippen LogP contribution in [0, 0.1) is 0 Å². The van der Waals surface area contributed by atoms with Gasteiger partial charge in [-0.1, -0.05) is 30.3 Å². The summed E-state index contributed by atoms with van der Waals surface area (Å²) in [4.78, 5) is 49.5. The molecule has 230 valence electrons. The van der Waals surface area contributed by atoms with E-state index in [4.69, 9.17) is 5.73 Å². The number of nitrogens with zero attached hydrogens (tertiary/aromatic N) is 5. The van der Waals surface area contributed by atoms with E-state index in [-0.39, 0.29) is 23.9 Å². The van der Waals surface area contributed by atoms with Crippen LogP contribution in [0.25, 0.3) is 10.9 Å². The molecule has 2 amide bonds. The first-order valence-electron chi connectivity index (χ1n) is 15.3. The molecule has 2 fully saturated rings. The number of aryl methyl sites for hydroxylation is 1. The van der Waals surface area contributed by atoms with Crippen LogP contribution in [0.1, 0.15) is 31.2 Å². The third kappa shape index (κ3) is 8.26. The average molecular weight is 590 g/mol. The van der Waals surface area contributed by atoms with E-state index in [0.717, 1.165) is 38.3 Å². The molecule has 0 bridgehead atoms. The van der Waals surface area contributed by atoms with Gasteiger partial charge in [0.2, 0.25) is 11.8 Å². The maximum Gasteiger partial charge on any atom is 0.261 e. The zero-order valence-electron chi connectivity index (χ0n) is 24.8. The number of piperazine rings is 1. The highest BCUT2D eigenvalue weighted by molar-refractivity contribution is 5.93. The van der Waals surface area contributed by atoms with Crippen LogP contribution in [0.3, 0.4) is 0 Å². The van der Waals surface area contributed by atoms with Crippen molar-refractivity contribution in [1.82, 2.24) is 24.3 Å². The molecule has 2 aromatic carbocycles. The van der Waals surface area contributed by atoms with E-state index in [1.807, 2.05) is 30.3 Å². The fourth-order valence-corrected chi connectivity index (χ4v) is 5.95. The van der Waals surface area contributed by atoms with Crippen LogP contribution in [-0.2, 0) is 22.6 Å². The van der Waals surface area contributed by atoms with E-state index in [1.165, 1.54) is 10.9 Å². The zero-order valence-corrected chi connectivity index (χ0v) is 24.8. The number of piperidine rings is 1. The average Bonchev–Trinajstić information content (AvgIpc) is 3.02. The normalized spacial score (nSPS) is 17.7. The molecule has 1 aromatic heterocycles. The van der Waals surface area contributed by atoms with E-state index in [0.29, 0.717) is 74.9 Å². The molecule has 0 aliphatic carbocycles. The molecule has 0 spiro atoms. The van der Waals surface area contributed by atoms with Crippen molar-refractivity contribution in [3.63, 3.8) is 0 Å². The van der Waals surface area contributed by atoms with Gasteiger partial charge in [-0.2, -0.15) is 0 Å². The number of anilines is 1. The van der Waals surface area contributed by atoms with Crippen molar-refractivity contribution >= 4 is 28.4 Å². The number of hydrogen-bond acceptors (Lipinski definition) is 8. The Hall–Kier alpha value is -3.64. The number of aliphatic hydroxyl groups is 1. The summed E-state index contributed by atoms with van der Waals surface area (Å²) in [6, 6.07) is 15.0.